The van der Waals surface area contributed by atoms with Gasteiger partial charge in [0.2, 0.25) is 0 Å². The molecule has 0 aromatic carbocycles. The largest absolute Gasteiger partial charge is 0.393 e. The lowest BCUT2D eigenvalue weighted by atomic mass is 9.44. The molecule has 0 aromatic heterocycles. The molecule has 9 atom stereocenters. The van der Waals surface area contributed by atoms with Gasteiger partial charge in [-0.2, -0.15) is 0 Å². The van der Waals surface area contributed by atoms with Crippen LogP contribution in [0.3, 0.4) is 0 Å². The summed E-state index contributed by atoms with van der Waals surface area (Å²) in [7, 11) is 0. The summed E-state index contributed by atoms with van der Waals surface area (Å²) in [5, 5.41) is 21.3. The van der Waals surface area contributed by atoms with E-state index in [1.807, 2.05) is 0 Å². The number of carbonyl (C=O) groups excluding carboxylic acids is 1. The van der Waals surface area contributed by atoms with E-state index in [0.717, 1.165) is 38.5 Å². The standard InChI is InChI=1S/C21H34O3/c1-12(22)16-6-7-17-15-5-4-13-10-14(23)8-9-20(13,2)19(15)18(24)11-21(16,17)3/h13-19,23-24H,4-11H2,1-3H3/t13-,14-,15+,16+,17-,18-,19-,20+,21-/m1/s1. The van der Waals surface area contributed by atoms with Crippen molar-refractivity contribution in [3.63, 3.8) is 0 Å². The van der Waals surface area contributed by atoms with E-state index >= 15 is 0 Å². The van der Waals surface area contributed by atoms with Crippen LogP contribution in [0.2, 0.25) is 0 Å². The first-order valence-electron chi connectivity index (χ1n) is 10.1. The number of aliphatic hydroxyl groups excluding tert-OH is 2. The van der Waals surface area contributed by atoms with Crippen molar-refractivity contribution in [3.05, 3.63) is 0 Å². The average Bonchev–Trinajstić information content (AvgIpc) is 2.84. The molecular formula is C21H34O3. The van der Waals surface area contributed by atoms with Crippen molar-refractivity contribution in [2.24, 2.45) is 40.4 Å². The zero-order valence-electron chi connectivity index (χ0n) is 15.5. The van der Waals surface area contributed by atoms with E-state index < -0.39 is 0 Å². The number of carbonyl (C=O) groups is 1. The molecule has 0 spiro atoms. The van der Waals surface area contributed by atoms with Gasteiger partial charge in [-0.15, -0.1) is 0 Å². The topological polar surface area (TPSA) is 57.5 Å². The van der Waals surface area contributed by atoms with Crippen molar-refractivity contribution in [2.75, 3.05) is 0 Å². The van der Waals surface area contributed by atoms with Crippen LogP contribution in [-0.2, 0) is 4.79 Å². The quantitative estimate of drug-likeness (QED) is 0.771. The van der Waals surface area contributed by atoms with E-state index in [1.54, 1.807) is 6.92 Å². The Morgan fingerprint density at radius 1 is 1.00 bits per heavy atom. The first-order valence-corrected chi connectivity index (χ1v) is 10.1. The molecule has 4 aliphatic carbocycles. The van der Waals surface area contributed by atoms with Gasteiger partial charge < -0.3 is 10.2 Å². The van der Waals surface area contributed by atoms with Gasteiger partial charge in [0.25, 0.3) is 0 Å². The van der Waals surface area contributed by atoms with Crippen molar-refractivity contribution < 1.29 is 15.0 Å². The molecule has 0 unspecified atom stereocenters. The predicted octanol–water partition coefficient (Wildman–Crippen LogP) is 3.57. The Hall–Kier alpha value is -0.410. The minimum atomic E-state index is -0.278. The third-order valence-electron chi connectivity index (χ3n) is 9.06. The summed E-state index contributed by atoms with van der Waals surface area (Å²) >= 11 is 0. The van der Waals surface area contributed by atoms with E-state index in [4.69, 9.17) is 0 Å². The molecule has 24 heavy (non-hydrogen) atoms. The molecule has 136 valence electrons. The second kappa shape index (κ2) is 5.54. The second-order valence-corrected chi connectivity index (χ2v) is 10.0. The molecular weight excluding hydrogens is 300 g/mol. The Morgan fingerprint density at radius 2 is 1.75 bits per heavy atom. The van der Waals surface area contributed by atoms with Crippen LogP contribution in [0.15, 0.2) is 0 Å². The summed E-state index contributed by atoms with van der Waals surface area (Å²) in [5.41, 5.74) is 0.182. The molecule has 0 aromatic rings. The zero-order valence-corrected chi connectivity index (χ0v) is 15.5. The number of fused-ring (bicyclic) bond motifs is 5. The molecule has 0 bridgehead atoms. The molecule has 4 fully saturated rings. The Morgan fingerprint density at radius 3 is 2.46 bits per heavy atom. The van der Waals surface area contributed by atoms with E-state index in [2.05, 4.69) is 13.8 Å². The first kappa shape index (κ1) is 17.0. The fourth-order valence-electron chi connectivity index (χ4n) is 8.03. The van der Waals surface area contributed by atoms with E-state index in [9.17, 15) is 15.0 Å². The van der Waals surface area contributed by atoms with Gasteiger partial charge in [-0.3, -0.25) is 4.79 Å². The highest BCUT2D eigenvalue weighted by Crippen LogP contribution is 2.67. The molecule has 4 rings (SSSR count). The fraction of sp³-hybridized carbons (Fsp3) is 0.952. The van der Waals surface area contributed by atoms with Crippen molar-refractivity contribution in [2.45, 2.75) is 84.3 Å². The van der Waals surface area contributed by atoms with Crippen LogP contribution in [0.5, 0.6) is 0 Å². The highest BCUT2D eigenvalue weighted by atomic mass is 16.3. The van der Waals surface area contributed by atoms with Crippen LogP contribution in [0.25, 0.3) is 0 Å². The van der Waals surface area contributed by atoms with Crippen LogP contribution < -0.4 is 0 Å². The summed E-state index contributed by atoms with van der Waals surface area (Å²) in [6, 6.07) is 0. The predicted molar refractivity (Wildman–Crippen MR) is 93.3 cm³/mol. The molecule has 0 aliphatic heterocycles. The van der Waals surface area contributed by atoms with Crippen LogP contribution in [0, 0.1) is 40.4 Å². The van der Waals surface area contributed by atoms with Gasteiger partial charge in [0.05, 0.1) is 12.2 Å². The average molecular weight is 335 g/mol. The summed E-state index contributed by atoms with van der Waals surface area (Å²) in [6.07, 6.45) is 7.80. The third-order valence-corrected chi connectivity index (χ3v) is 9.06. The lowest BCUT2D eigenvalue weighted by molar-refractivity contribution is -0.178. The zero-order chi connectivity index (χ0) is 17.3. The lowest BCUT2D eigenvalue weighted by Gasteiger charge is -2.62. The first-order chi connectivity index (χ1) is 11.3. The molecule has 2 N–H and O–H groups in total. The number of hydrogen-bond donors (Lipinski definition) is 2. The number of Topliss-reactive ketones (excluding diaryl/α,β-unsaturated/α-hetero) is 1. The van der Waals surface area contributed by atoms with Crippen LogP contribution in [-0.4, -0.2) is 28.2 Å². The van der Waals surface area contributed by atoms with Gasteiger partial charge in [-0.25, -0.2) is 0 Å². The van der Waals surface area contributed by atoms with Crippen LogP contribution in [0.1, 0.15) is 72.1 Å². The van der Waals surface area contributed by atoms with Gasteiger partial charge in [0.15, 0.2) is 0 Å². The van der Waals surface area contributed by atoms with Crippen LogP contribution in [0.4, 0.5) is 0 Å². The molecule has 0 heterocycles. The Bertz CT molecular complexity index is 531. The van der Waals surface area contributed by atoms with Gasteiger partial charge in [-0.05, 0) is 92.8 Å². The van der Waals surface area contributed by atoms with Crippen molar-refractivity contribution in [1.82, 2.24) is 0 Å². The second-order valence-electron chi connectivity index (χ2n) is 10.0. The monoisotopic (exact) mass is 334 g/mol. The minimum Gasteiger partial charge on any atom is -0.393 e. The summed E-state index contributed by atoms with van der Waals surface area (Å²) in [6.45, 7) is 6.43. The molecule has 0 amide bonds. The number of rotatable bonds is 1. The summed E-state index contributed by atoms with van der Waals surface area (Å²) in [4.78, 5) is 12.2. The number of aliphatic hydroxyl groups is 2. The Balaban J connectivity index is 1.67. The van der Waals surface area contributed by atoms with Crippen molar-refractivity contribution in [1.29, 1.82) is 0 Å². The fourth-order valence-corrected chi connectivity index (χ4v) is 8.03. The molecule has 4 aliphatic rings. The molecule has 3 nitrogen and oxygen atoms in total. The maximum atomic E-state index is 12.2. The molecule has 4 saturated carbocycles. The van der Waals surface area contributed by atoms with Crippen molar-refractivity contribution >= 4 is 5.78 Å². The SMILES string of the molecule is CC(=O)[C@@H]1CC[C@@H]2[C@@H]3CC[C@@H]4C[C@H](O)CC[C@]4(C)[C@H]3[C@H](O)C[C@@]21C. The van der Waals surface area contributed by atoms with E-state index in [1.165, 1.54) is 12.8 Å². The maximum absolute atomic E-state index is 12.2. The Labute approximate surface area is 146 Å². The molecule has 0 saturated heterocycles. The molecule has 0 radical (unpaired) electrons. The third kappa shape index (κ3) is 2.19. The Kier molecular flexibility index (Phi) is 3.93. The summed E-state index contributed by atoms with van der Waals surface area (Å²) in [5.74, 6) is 2.58. The van der Waals surface area contributed by atoms with E-state index in [0.29, 0.717) is 29.5 Å². The number of ketones is 1. The highest BCUT2D eigenvalue weighted by Gasteiger charge is 2.63. The van der Waals surface area contributed by atoms with Gasteiger partial charge in [-0.1, -0.05) is 13.8 Å². The lowest BCUT2D eigenvalue weighted by Crippen LogP contribution is -2.59. The van der Waals surface area contributed by atoms with E-state index in [-0.39, 0.29) is 29.0 Å². The smallest absolute Gasteiger partial charge is 0.133 e. The van der Waals surface area contributed by atoms with Gasteiger partial charge >= 0.3 is 0 Å². The van der Waals surface area contributed by atoms with Gasteiger partial charge in [0, 0.05) is 5.92 Å². The summed E-state index contributed by atoms with van der Waals surface area (Å²) < 4.78 is 0. The normalized spacial score (nSPS) is 57.0. The molecule has 3 heteroatoms. The van der Waals surface area contributed by atoms with Crippen molar-refractivity contribution in [3.8, 4) is 0 Å². The maximum Gasteiger partial charge on any atom is 0.133 e. The number of hydrogen-bond acceptors (Lipinski definition) is 3. The van der Waals surface area contributed by atoms with Gasteiger partial charge in [0.1, 0.15) is 5.78 Å². The van der Waals surface area contributed by atoms with Crippen LogP contribution >= 0.6 is 0 Å². The minimum absolute atomic E-state index is 0.00376. The highest BCUT2D eigenvalue weighted by molar-refractivity contribution is 5.79.